The third-order valence-corrected chi connectivity index (χ3v) is 2.81. The lowest BCUT2D eigenvalue weighted by Crippen LogP contribution is -2.32. The molecule has 17 heavy (non-hydrogen) atoms. The Hall–Kier alpha value is -1.47. The Bertz CT molecular complexity index is 405. The summed E-state index contributed by atoms with van der Waals surface area (Å²) in [4.78, 5) is 28.3. The van der Waals surface area contributed by atoms with Crippen molar-refractivity contribution in [2.75, 3.05) is 32.5 Å². The first-order chi connectivity index (χ1) is 8.04. The number of anilines is 1. The highest BCUT2D eigenvalue weighted by molar-refractivity contribution is 7.14. The molecule has 0 unspecified atom stereocenters. The number of amides is 2. The average Bonchev–Trinajstić information content (AvgIpc) is 2.72. The minimum absolute atomic E-state index is 0.145. The van der Waals surface area contributed by atoms with Crippen LogP contribution in [0.5, 0.6) is 0 Å². The van der Waals surface area contributed by atoms with E-state index >= 15 is 0 Å². The van der Waals surface area contributed by atoms with E-state index in [1.165, 1.54) is 18.3 Å². The van der Waals surface area contributed by atoms with E-state index < -0.39 is 0 Å². The van der Waals surface area contributed by atoms with Crippen molar-refractivity contribution < 1.29 is 9.59 Å². The van der Waals surface area contributed by atoms with Crippen LogP contribution < -0.4 is 10.6 Å². The summed E-state index contributed by atoms with van der Waals surface area (Å²) in [5, 5.41) is 7.60. The molecule has 6 nitrogen and oxygen atoms in total. The molecule has 2 amide bonds. The number of carbonyl (C=O) groups excluding carboxylic acids is 2. The fourth-order valence-electron chi connectivity index (χ4n) is 1.16. The first kappa shape index (κ1) is 13.6. The molecule has 0 radical (unpaired) electrons. The molecule has 94 valence electrons. The molecule has 0 spiro atoms. The van der Waals surface area contributed by atoms with E-state index in [1.54, 1.807) is 17.3 Å². The molecule has 0 atom stereocenters. The van der Waals surface area contributed by atoms with E-state index in [1.807, 2.05) is 7.05 Å². The summed E-state index contributed by atoms with van der Waals surface area (Å²) >= 11 is 1.24. The van der Waals surface area contributed by atoms with Crippen LogP contribution in [0.15, 0.2) is 5.38 Å². The second-order valence-corrected chi connectivity index (χ2v) is 4.41. The summed E-state index contributed by atoms with van der Waals surface area (Å²) in [5.41, 5.74) is 0.359. The Kier molecular flexibility index (Phi) is 5.05. The summed E-state index contributed by atoms with van der Waals surface area (Å²) in [6, 6.07) is 0. The molecule has 1 aromatic heterocycles. The van der Waals surface area contributed by atoms with Gasteiger partial charge in [-0.1, -0.05) is 0 Å². The van der Waals surface area contributed by atoms with Gasteiger partial charge in [0.05, 0.1) is 0 Å². The van der Waals surface area contributed by atoms with Crippen molar-refractivity contribution in [1.82, 2.24) is 15.2 Å². The smallest absolute Gasteiger partial charge is 0.273 e. The van der Waals surface area contributed by atoms with Crippen molar-refractivity contribution in [3.63, 3.8) is 0 Å². The highest BCUT2D eigenvalue weighted by Gasteiger charge is 2.15. The summed E-state index contributed by atoms with van der Waals surface area (Å²) in [5.74, 6) is -0.338. The highest BCUT2D eigenvalue weighted by Crippen LogP contribution is 2.16. The standard InChI is InChI=1S/C10H16N4O2S/c1-7(15)12-10-13-8(6-17-10)9(16)14(3)5-4-11-2/h6,11H,4-5H2,1-3H3,(H,12,13,15). The van der Waals surface area contributed by atoms with Crippen molar-refractivity contribution in [2.45, 2.75) is 6.92 Å². The van der Waals surface area contributed by atoms with Crippen LogP contribution in [-0.4, -0.2) is 48.9 Å². The third kappa shape index (κ3) is 4.12. The van der Waals surface area contributed by atoms with Gasteiger partial charge in [-0.25, -0.2) is 4.98 Å². The van der Waals surface area contributed by atoms with Crippen molar-refractivity contribution in [3.05, 3.63) is 11.1 Å². The molecule has 2 N–H and O–H groups in total. The molecule has 0 saturated heterocycles. The molecule has 0 aliphatic heterocycles. The zero-order valence-corrected chi connectivity index (χ0v) is 10.9. The van der Waals surface area contributed by atoms with Gasteiger partial charge in [-0.05, 0) is 7.05 Å². The lowest BCUT2D eigenvalue weighted by Gasteiger charge is -2.15. The molecule has 1 aromatic rings. The molecule has 0 bridgehead atoms. The monoisotopic (exact) mass is 256 g/mol. The zero-order valence-electron chi connectivity index (χ0n) is 10.1. The van der Waals surface area contributed by atoms with Gasteiger partial charge in [0.25, 0.3) is 5.91 Å². The van der Waals surface area contributed by atoms with E-state index in [0.29, 0.717) is 17.4 Å². The number of nitrogens with one attached hydrogen (secondary N) is 2. The molecule has 7 heteroatoms. The molecule has 0 saturated carbocycles. The lowest BCUT2D eigenvalue weighted by atomic mass is 10.4. The van der Waals surface area contributed by atoms with Crippen LogP contribution in [0.2, 0.25) is 0 Å². The molecule has 1 rings (SSSR count). The largest absolute Gasteiger partial charge is 0.339 e. The average molecular weight is 256 g/mol. The van der Waals surface area contributed by atoms with Crippen LogP contribution in [0, 0.1) is 0 Å². The van der Waals surface area contributed by atoms with E-state index in [4.69, 9.17) is 0 Å². The second-order valence-electron chi connectivity index (χ2n) is 3.55. The Morgan fingerprint density at radius 2 is 2.24 bits per heavy atom. The van der Waals surface area contributed by atoms with Crippen LogP contribution in [0.4, 0.5) is 5.13 Å². The predicted octanol–water partition coefficient (Wildman–Crippen LogP) is 0.393. The Morgan fingerprint density at radius 1 is 1.53 bits per heavy atom. The van der Waals surface area contributed by atoms with Gasteiger partial charge in [0.15, 0.2) is 5.13 Å². The first-order valence-electron chi connectivity index (χ1n) is 5.17. The number of rotatable bonds is 5. The maximum absolute atomic E-state index is 11.9. The van der Waals surface area contributed by atoms with Crippen LogP contribution >= 0.6 is 11.3 Å². The predicted molar refractivity (Wildman–Crippen MR) is 67.3 cm³/mol. The second kappa shape index (κ2) is 6.31. The molecule has 0 aromatic carbocycles. The summed E-state index contributed by atoms with van der Waals surface area (Å²) in [6.07, 6.45) is 0. The van der Waals surface area contributed by atoms with Crippen molar-refractivity contribution >= 4 is 28.3 Å². The van der Waals surface area contributed by atoms with Gasteiger partial charge < -0.3 is 15.5 Å². The van der Waals surface area contributed by atoms with Gasteiger partial charge in [-0.15, -0.1) is 11.3 Å². The van der Waals surface area contributed by atoms with E-state index in [9.17, 15) is 9.59 Å². The van der Waals surface area contributed by atoms with Gasteiger partial charge in [0, 0.05) is 32.4 Å². The fraction of sp³-hybridized carbons (Fsp3) is 0.500. The number of hydrogen-bond acceptors (Lipinski definition) is 5. The van der Waals surface area contributed by atoms with Gasteiger partial charge in [-0.3, -0.25) is 9.59 Å². The molecule has 1 heterocycles. The van der Waals surface area contributed by atoms with Gasteiger partial charge in [0.2, 0.25) is 5.91 Å². The molecular weight excluding hydrogens is 240 g/mol. The maximum Gasteiger partial charge on any atom is 0.273 e. The first-order valence-corrected chi connectivity index (χ1v) is 6.05. The van der Waals surface area contributed by atoms with Crippen LogP contribution in [0.3, 0.4) is 0 Å². The quantitative estimate of drug-likeness (QED) is 0.799. The van der Waals surface area contributed by atoms with Crippen molar-refractivity contribution in [2.24, 2.45) is 0 Å². The topological polar surface area (TPSA) is 74.3 Å². The zero-order chi connectivity index (χ0) is 12.8. The number of thiazole rings is 1. The Labute approximate surface area is 104 Å². The van der Waals surface area contributed by atoms with Crippen molar-refractivity contribution in [3.8, 4) is 0 Å². The summed E-state index contributed by atoms with van der Waals surface area (Å²) in [6.45, 7) is 2.75. The van der Waals surface area contributed by atoms with Crippen molar-refractivity contribution in [1.29, 1.82) is 0 Å². The van der Waals surface area contributed by atoms with E-state index in [0.717, 1.165) is 6.54 Å². The maximum atomic E-state index is 11.9. The van der Waals surface area contributed by atoms with Crippen LogP contribution in [0.1, 0.15) is 17.4 Å². The Balaban J connectivity index is 2.62. The number of aromatic nitrogens is 1. The summed E-state index contributed by atoms with van der Waals surface area (Å²) < 4.78 is 0. The van der Waals surface area contributed by atoms with Crippen LogP contribution in [-0.2, 0) is 4.79 Å². The van der Waals surface area contributed by atoms with E-state index in [-0.39, 0.29) is 11.8 Å². The van der Waals surface area contributed by atoms with E-state index in [2.05, 4.69) is 15.6 Å². The normalized spacial score (nSPS) is 10.1. The molecular formula is C10H16N4O2S. The third-order valence-electron chi connectivity index (χ3n) is 2.05. The molecule has 0 aliphatic rings. The number of carbonyl (C=O) groups is 2. The number of nitrogens with zero attached hydrogens (tertiary/aromatic N) is 2. The fourth-order valence-corrected chi connectivity index (χ4v) is 1.89. The summed E-state index contributed by atoms with van der Waals surface area (Å²) in [7, 11) is 3.55. The SMILES string of the molecule is CNCCN(C)C(=O)c1csc(NC(C)=O)n1. The molecule has 0 aliphatic carbocycles. The Morgan fingerprint density at radius 3 is 2.82 bits per heavy atom. The van der Waals surface area contributed by atoms with Crippen LogP contribution in [0.25, 0.3) is 0 Å². The molecule has 0 fully saturated rings. The lowest BCUT2D eigenvalue weighted by molar-refractivity contribution is -0.114. The van der Waals surface area contributed by atoms with Gasteiger partial charge >= 0.3 is 0 Å². The number of likely N-dealkylation sites (N-methyl/N-ethyl adjacent to an activating group) is 2. The minimum atomic E-state index is -0.193. The minimum Gasteiger partial charge on any atom is -0.339 e. The van der Waals surface area contributed by atoms with Gasteiger partial charge in [0.1, 0.15) is 5.69 Å². The highest BCUT2D eigenvalue weighted by atomic mass is 32.1. The number of hydrogen-bond donors (Lipinski definition) is 2. The van der Waals surface area contributed by atoms with Gasteiger partial charge in [-0.2, -0.15) is 0 Å².